The Morgan fingerprint density at radius 2 is 2.20 bits per heavy atom. The highest BCUT2D eigenvalue weighted by atomic mass is 16.1. The second-order valence-electron chi connectivity index (χ2n) is 4.47. The number of hydrogen-bond donors (Lipinski definition) is 2. The molecule has 2 N–H and O–H groups in total. The van der Waals surface area contributed by atoms with Crippen molar-refractivity contribution in [1.82, 2.24) is 19.7 Å². The maximum atomic E-state index is 12.2. The smallest absolute Gasteiger partial charge is 0.258 e. The third-order valence-corrected chi connectivity index (χ3v) is 2.71. The van der Waals surface area contributed by atoms with Crippen molar-refractivity contribution in [3.05, 3.63) is 29.7 Å². The molecule has 7 heteroatoms. The number of anilines is 2. The summed E-state index contributed by atoms with van der Waals surface area (Å²) in [5, 5.41) is 9.79. The van der Waals surface area contributed by atoms with Gasteiger partial charge in [0.05, 0.1) is 0 Å². The fourth-order valence-electron chi connectivity index (χ4n) is 1.73. The van der Waals surface area contributed by atoms with E-state index in [0.717, 1.165) is 18.7 Å². The van der Waals surface area contributed by atoms with Crippen LogP contribution in [0.2, 0.25) is 0 Å². The van der Waals surface area contributed by atoms with Gasteiger partial charge in [-0.3, -0.25) is 10.1 Å². The van der Waals surface area contributed by atoms with Crippen LogP contribution in [0, 0.1) is 6.92 Å². The van der Waals surface area contributed by atoms with Crippen molar-refractivity contribution >= 4 is 17.7 Å². The van der Waals surface area contributed by atoms with E-state index in [0.29, 0.717) is 17.3 Å². The zero-order valence-electron chi connectivity index (χ0n) is 11.8. The number of aromatic nitrogens is 4. The molecular formula is C13H18N6O. The van der Waals surface area contributed by atoms with Gasteiger partial charge in [-0.1, -0.05) is 6.92 Å². The second kappa shape index (κ2) is 6.14. The van der Waals surface area contributed by atoms with E-state index in [1.165, 1.54) is 11.0 Å². The Hall–Kier alpha value is -2.44. The van der Waals surface area contributed by atoms with E-state index in [9.17, 15) is 4.79 Å². The van der Waals surface area contributed by atoms with Gasteiger partial charge in [-0.05, 0) is 25.5 Å². The van der Waals surface area contributed by atoms with E-state index in [4.69, 9.17) is 0 Å². The predicted molar refractivity (Wildman–Crippen MR) is 76.7 cm³/mol. The van der Waals surface area contributed by atoms with Gasteiger partial charge in [0.1, 0.15) is 12.1 Å². The number of rotatable bonds is 5. The number of aryl methyl sites for hydroxylation is 2. The molecule has 0 aliphatic carbocycles. The molecule has 0 fully saturated rings. The monoisotopic (exact) mass is 274 g/mol. The van der Waals surface area contributed by atoms with Gasteiger partial charge in [-0.25, -0.2) is 9.67 Å². The number of carbonyl (C=O) groups is 1. The van der Waals surface area contributed by atoms with Crippen molar-refractivity contribution < 1.29 is 4.79 Å². The minimum Gasteiger partial charge on any atom is -0.370 e. The predicted octanol–water partition coefficient (Wildman–Crippen LogP) is 1.59. The maximum absolute atomic E-state index is 12.2. The quantitative estimate of drug-likeness (QED) is 0.865. The fraction of sp³-hybridized carbons (Fsp3) is 0.385. The van der Waals surface area contributed by atoms with Crippen molar-refractivity contribution in [2.75, 3.05) is 17.2 Å². The number of carbonyl (C=O) groups excluding carboxylic acids is 1. The molecule has 2 aromatic heterocycles. The highest BCUT2D eigenvalue weighted by Crippen LogP contribution is 2.12. The van der Waals surface area contributed by atoms with E-state index in [1.807, 2.05) is 6.92 Å². The van der Waals surface area contributed by atoms with E-state index < -0.39 is 0 Å². The van der Waals surface area contributed by atoms with Crippen LogP contribution < -0.4 is 10.6 Å². The molecule has 0 aromatic carbocycles. The van der Waals surface area contributed by atoms with Crippen LogP contribution in [0.5, 0.6) is 0 Å². The van der Waals surface area contributed by atoms with Crippen LogP contribution in [0.15, 0.2) is 18.5 Å². The largest absolute Gasteiger partial charge is 0.370 e. The molecule has 0 aliphatic rings. The van der Waals surface area contributed by atoms with E-state index in [-0.39, 0.29) is 5.91 Å². The second-order valence-corrected chi connectivity index (χ2v) is 4.47. The van der Waals surface area contributed by atoms with Gasteiger partial charge >= 0.3 is 0 Å². The lowest BCUT2D eigenvalue weighted by Gasteiger charge is -2.08. The van der Waals surface area contributed by atoms with Crippen molar-refractivity contribution in [2.45, 2.75) is 20.3 Å². The van der Waals surface area contributed by atoms with Gasteiger partial charge in [0, 0.05) is 24.8 Å². The summed E-state index contributed by atoms with van der Waals surface area (Å²) in [4.78, 5) is 20.5. The summed E-state index contributed by atoms with van der Waals surface area (Å²) in [6, 6.07) is 3.47. The van der Waals surface area contributed by atoms with E-state index in [2.05, 4.69) is 32.6 Å². The molecule has 2 aromatic rings. The van der Waals surface area contributed by atoms with Gasteiger partial charge in [0.15, 0.2) is 0 Å². The van der Waals surface area contributed by atoms with Crippen LogP contribution in [0.1, 0.15) is 29.4 Å². The first-order chi connectivity index (χ1) is 9.60. The molecule has 0 spiro atoms. The third kappa shape index (κ3) is 3.31. The normalized spacial score (nSPS) is 10.3. The van der Waals surface area contributed by atoms with Crippen molar-refractivity contribution in [2.24, 2.45) is 7.05 Å². The van der Waals surface area contributed by atoms with Gasteiger partial charge in [-0.2, -0.15) is 10.1 Å². The minimum atomic E-state index is -0.230. The topological polar surface area (TPSA) is 84.7 Å². The van der Waals surface area contributed by atoms with Crippen LogP contribution in [0.3, 0.4) is 0 Å². The number of nitrogens with one attached hydrogen (secondary N) is 2. The third-order valence-electron chi connectivity index (χ3n) is 2.71. The molecule has 0 bridgehead atoms. The number of pyridine rings is 1. The Labute approximate surface area is 117 Å². The molecule has 0 saturated carbocycles. The van der Waals surface area contributed by atoms with Gasteiger partial charge in [-0.15, -0.1) is 0 Å². The van der Waals surface area contributed by atoms with E-state index in [1.54, 1.807) is 19.2 Å². The molecule has 2 heterocycles. The standard InChI is InChI=1S/C13H18N6O/c1-4-5-14-11-7-10(6-9(2)17-11)12(20)18-13-15-8-16-19(13)3/h6-8H,4-5H2,1-3H3,(H,14,17)(H,15,16,18,20). The van der Waals surface area contributed by atoms with Crippen molar-refractivity contribution in [3.8, 4) is 0 Å². The Morgan fingerprint density at radius 1 is 1.40 bits per heavy atom. The number of nitrogens with zero attached hydrogens (tertiary/aromatic N) is 4. The van der Waals surface area contributed by atoms with Crippen LogP contribution in [-0.4, -0.2) is 32.2 Å². The van der Waals surface area contributed by atoms with Crippen molar-refractivity contribution in [1.29, 1.82) is 0 Å². The molecule has 0 atom stereocenters. The fourth-order valence-corrected chi connectivity index (χ4v) is 1.73. The Bertz CT molecular complexity index is 607. The summed E-state index contributed by atoms with van der Waals surface area (Å²) >= 11 is 0. The number of amides is 1. The maximum Gasteiger partial charge on any atom is 0.258 e. The summed E-state index contributed by atoms with van der Waals surface area (Å²) in [6.45, 7) is 4.75. The summed E-state index contributed by atoms with van der Waals surface area (Å²) in [5.74, 6) is 0.883. The lowest BCUT2D eigenvalue weighted by molar-refractivity contribution is 0.102. The molecule has 0 aliphatic heterocycles. The first-order valence-electron chi connectivity index (χ1n) is 6.48. The Balaban J connectivity index is 2.17. The molecule has 0 radical (unpaired) electrons. The molecule has 0 saturated heterocycles. The molecule has 0 unspecified atom stereocenters. The molecule has 20 heavy (non-hydrogen) atoms. The Morgan fingerprint density at radius 3 is 2.85 bits per heavy atom. The highest BCUT2D eigenvalue weighted by molar-refractivity contribution is 6.03. The molecular weight excluding hydrogens is 256 g/mol. The van der Waals surface area contributed by atoms with Gasteiger partial charge in [0.25, 0.3) is 5.91 Å². The first kappa shape index (κ1) is 14.0. The lowest BCUT2D eigenvalue weighted by atomic mass is 10.2. The number of hydrogen-bond acceptors (Lipinski definition) is 5. The summed E-state index contributed by atoms with van der Waals surface area (Å²) in [5.41, 5.74) is 1.33. The molecule has 2 rings (SSSR count). The zero-order chi connectivity index (χ0) is 14.5. The Kier molecular flexibility index (Phi) is 4.29. The zero-order valence-corrected chi connectivity index (χ0v) is 11.8. The average molecular weight is 274 g/mol. The van der Waals surface area contributed by atoms with Crippen LogP contribution >= 0.6 is 0 Å². The lowest BCUT2D eigenvalue weighted by Crippen LogP contribution is -2.16. The summed E-state index contributed by atoms with van der Waals surface area (Å²) in [6.07, 6.45) is 2.39. The molecule has 1 amide bonds. The van der Waals surface area contributed by atoms with Gasteiger partial charge in [0.2, 0.25) is 5.95 Å². The van der Waals surface area contributed by atoms with Gasteiger partial charge < -0.3 is 5.32 Å². The molecule has 7 nitrogen and oxygen atoms in total. The summed E-state index contributed by atoms with van der Waals surface area (Å²) in [7, 11) is 1.72. The SMILES string of the molecule is CCCNc1cc(C(=O)Nc2ncnn2C)cc(C)n1. The minimum absolute atomic E-state index is 0.230. The van der Waals surface area contributed by atoms with Crippen LogP contribution in [-0.2, 0) is 7.05 Å². The first-order valence-corrected chi connectivity index (χ1v) is 6.48. The molecule has 106 valence electrons. The average Bonchev–Trinajstić information content (AvgIpc) is 2.81. The van der Waals surface area contributed by atoms with E-state index >= 15 is 0 Å². The van der Waals surface area contributed by atoms with Crippen molar-refractivity contribution in [3.63, 3.8) is 0 Å². The summed E-state index contributed by atoms with van der Waals surface area (Å²) < 4.78 is 1.50. The van der Waals surface area contributed by atoms with Crippen LogP contribution in [0.25, 0.3) is 0 Å². The van der Waals surface area contributed by atoms with Crippen LogP contribution in [0.4, 0.5) is 11.8 Å². The highest BCUT2D eigenvalue weighted by Gasteiger charge is 2.11.